The van der Waals surface area contributed by atoms with Crippen LogP contribution in [0.25, 0.3) is 0 Å². The van der Waals surface area contributed by atoms with Gasteiger partial charge in [0.25, 0.3) is 0 Å². The van der Waals surface area contributed by atoms with Gasteiger partial charge in [-0.3, -0.25) is 0 Å². The van der Waals surface area contributed by atoms with Crippen LogP contribution in [0.5, 0.6) is 5.75 Å². The second kappa shape index (κ2) is 9.99. The molecule has 0 aliphatic heterocycles. The molecule has 0 unspecified atom stereocenters. The monoisotopic (exact) mass is 392 g/mol. The fourth-order valence-corrected chi connectivity index (χ4v) is 2.55. The van der Waals surface area contributed by atoms with Gasteiger partial charge >= 0.3 is 5.97 Å². The Labute approximate surface area is 163 Å². The fraction of sp³-hybridized carbons (Fsp3) is 0.263. The van der Waals surface area contributed by atoms with Crippen LogP contribution in [0.3, 0.4) is 0 Å². The van der Waals surface area contributed by atoms with Crippen molar-refractivity contribution in [3.63, 3.8) is 0 Å². The minimum atomic E-state index is -0.359. The Kier molecular flexibility index (Phi) is 7.69. The topological polar surface area (TPSA) is 59.6 Å². The molecule has 0 aliphatic carbocycles. The van der Waals surface area contributed by atoms with E-state index in [1.54, 1.807) is 25.1 Å². The second-order valence-electron chi connectivity index (χ2n) is 5.41. The zero-order valence-corrected chi connectivity index (χ0v) is 16.2. The molecule has 2 aromatic carbocycles. The van der Waals surface area contributed by atoms with E-state index in [0.717, 1.165) is 11.3 Å². The first-order valence-electron chi connectivity index (χ1n) is 8.21. The number of thiocarbonyl (C=S) groups is 1. The van der Waals surface area contributed by atoms with Crippen molar-refractivity contribution in [2.24, 2.45) is 0 Å². The third-order valence-electron chi connectivity index (χ3n) is 3.48. The number of hydrogen-bond acceptors (Lipinski definition) is 4. The minimum Gasteiger partial charge on any atom is -0.490 e. The molecule has 2 rings (SSSR count). The lowest BCUT2D eigenvalue weighted by Crippen LogP contribution is -2.32. The maximum atomic E-state index is 11.8. The van der Waals surface area contributed by atoms with E-state index in [0.29, 0.717) is 41.2 Å². The van der Waals surface area contributed by atoms with Crippen molar-refractivity contribution >= 4 is 40.6 Å². The predicted octanol–water partition coefficient (Wildman–Crippen LogP) is 4.19. The summed E-state index contributed by atoms with van der Waals surface area (Å²) in [4.78, 5) is 11.8. The van der Waals surface area contributed by atoms with Crippen molar-refractivity contribution in [1.82, 2.24) is 5.32 Å². The van der Waals surface area contributed by atoms with E-state index < -0.39 is 0 Å². The Hall–Kier alpha value is -2.31. The molecule has 0 radical (unpaired) electrons. The quantitative estimate of drug-likeness (QED) is 0.418. The number of benzene rings is 2. The van der Waals surface area contributed by atoms with Gasteiger partial charge in [-0.25, -0.2) is 4.79 Å². The number of nitrogens with one attached hydrogen (secondary N) is 2. The van der Waals surface area contributed by atoms with Crippen LogP contribution in [-0.4, -0.2) is 30.8 Å². The van der Waals surface area contributed by atoms with Crippen LogP contribution in [0.4, 0.5) is 5.69 Å². The van der Waals surface area contributed by atoms with Crippen LogP contribution in [0.15, 0.2) is 42.5 Å². The molecule has 0 atom stereocenters. The molecule has 0 bridgehead atoms. The maximum Gasteiger partial charge on any atom is 0.338 e. The number of anilines is 1. The normalized spacial score (nSPS) is 10.1. The summed E-state index contributed by atoms with van der Waals surface area (Å²) in [5.41, 5.74) is 2.19. The first kappa shape index (κ1) is 20.0. The molecule has 0 amide bonds. The summed E-state index contributed by atoms with van der Waals surface area (Å²) in [6.07, 6.45) is 0. The molecule has 138 valence electrons. The first-order chi connectivity index (χ1) is 12.5. The maximum absolute atomic E-state index is 11.8. The number of hydrogen-bond donors (Lipinski definition) is 2. The highest BCUT2D eigenvalue weighted by Crippen LogP contribution is 2.22. The van der Waals surface area contributed by atoms with Crippen molar-refractivity contribution in [2.75, 3.05) is 25.1 Å². The number of ether oxygens (including phenoxy) is 2. The zero-order chi connectivity index (χ0) is 18.9. The van der Waals surface area contributed by atoms with Gasteiger partial charge in [0, 0.05) is 5.69 Å². The third kappa shape index (κ3) is 5.89. The molecule has 0 aromatic heterocycles. The van der Waals surface area contributed by atoms with Crippen LogP contribution in [0.1, 0.15) is 22.8 Å². The molecule has 0 spiro atoms. The van der Waals surface area contributed by atoms with Gasteiger partial charge in [-0.05, 0) is 55.9 Å². The Morgan fingerprint density at radius 1 is 1.23 bits per heavy atom. The van der Waals surface area contributed by atoms with Crippen LogP contribution < -0.4 is 15.4 Å². The molecule has 0 fully saturated rings. The highest BCUT2D eigenvalue weighted by molar-refractivity contribution is 7.80. The van der Waals surface area contributed by atoms with Crippen molar-refractivity contribution in [1.29, 1.82) is 0 Å². The Morgan fingerprint density at radius 3 is 2.73 bits per heavy atom. The van der Waals surface area contributed by atoms with Crippen molar-refractivity contribution in [3.05, 3.63) is 58.6 Å². The molecule has 2 N–H and O–H groups in total. The minimum absolute atomic E-state index is 0.334. The van der Waals surface area contributed by atoms with Gasteiger partial charge in [-0.2, -0.15) is 0 Å². The lowest BCUT2D eigenvalue weighted by molar-refractivity contribution is 0.0526. The molecule has 7 heteroatoms. The summed E-state index contributed by atoms with van der Waals surface area (Å²) < 4.78 is 10.6. The van der Waals surface area contributed by atoms with E-state index in [-0.39, 0.29) is 5.97 Å². The van der Waals surface area contributed by atoms with Crippen LogP contribution in [-0.2, 0) is 4.74 Å². The summed E-state index contributed by atoms with van der Waals surface area (Å²) in [6.45, 7) is 4.96. The van der Waals surface area contributed by atoms with Gasteiger partial charge < -0.3 is 20.1 Å². The Bertz CT molecular complexity index is 783. The van der Waals surface area contributed by atoms with Gasteiger partial charge in [0.15, 0.2) is 5.11 Å². The van der Waals surface area contributed by atoms with Crippen molar-refractivity contribution < 1.29 is 14.3 Å². The summed E-state index contributed by atoms with van der Waals surface area (Å²) in [7, 11) is 0. The lowest BCUT2D eigenvalue weighted by Gasteiger charge is -2.14. The smallest absolute Gasteiger partial charge is 0.338 e. The molecular weight excluding hydrogens is 372 g/mol. The second-order valence-corrected chi connectivity index (χ2v) is 6.23. The van der Waals surface area contributed by atoms with E-state index in [9.17, 15) is 4.79 Å². The Morgan fingerprint density at radius 2 is 2.00 bits per heavy atom. The number of esters is 1. The average Bonchev–Trinajstić information content (AvgIpc) is 2.62. The van der Waals surface area contributed by atoms with E-state index in [4.69, 9.17) is 33.3 Å². The van der Waals surface area contributed by atoms with E-state index in [1.165, 1.54) is 0 Å². The molecule has 26 heavy (non-hydrogen) atoms. The van der Waals surface area contributed by atoms with Crippen molar-refractivity contribution in [2.45, 2.75) is 13.8 Å². The number of para-hydroxylation sites is 1. The van der Waals surface area contributed by atoms with E-state index >= 15 is 0 Å². The molecule has 5 nitrogen and oxygen atoms in total. The lowest BCUT2D eigenvalue weighted by atomic mass is 10.1. The third-order valence-corrected chi connectivity index (χ3v) is 4.04. The van der Waals surface area contributed by atoms with Gasteiger partial charge in [-0.1, -0.05) is 29.8 Å². The standard InChI is InChI=1S/C19H21ClN2O3S/c1-3-24-18(23)14-9-8-13(2)16(12-14)22-19(26)21-10-11-25-17-7-5-4-6-15(17)20/h4-9,12H,3,10-11H2,1-2H3,(H2,21,22,26). The van der Waals surface area contributed by atoms with Gasteiger partial charge in [0.1, 0.15) is 12.4 Å². The van der Waals surface area contributed by atoms with Crippen LogP contribution in [0.2, 0.25) is 5.02 Å². The number of aryl methyl sites for hydroxylation is 1. The van der Waals surface area contributed by atoms with Gasteiger partial charge in [-0.15, -0.1) is 0 Å². The van der Waals surface area contributed by atoms with E-state index in [2.05, 4.69) is 10.6 Å². The van der Waals surface area contributed by atoms with Gasteiger partial charge in [0.05, 0.1) is 23.7 Å². The van der Waals surface area contributed by atoms with Crippen LogP contribution >= 0.6 is 23.8 Å². The SMILES string of the molecule is CCOC(=O)c1ccc(C)c(NC(=S)NCCOc2ccccc2Cl)c1. The van der Waals surface area contributed by atoms with Gasteiger partial charge in [0.2, 0.25) is 0 Å². The predicted molar refractivity (Wildman–Crippen MR) is 108 cm³/mol. The summed E-state index contributed by atoms with van der Waals surface area (Å²) in [5, 5.41) is 7.16. The largest absolute Gasteiger partial charge is 0.490 e. The molecule has 0 saturated carbocycles. The number of carbonyl (C=O) groups excluding carboxylic acids is 1. The molecule has 0 aliphatic rings. The Balaban J connectivity index is 1.84. The highest BCUT2D eigenvalue weighted by atomic mass is 35.5. The summed E-state index contributed by atoms with van der Waals surface area (Å²) >= 11 is 11.3. The zero-order valence-electron chi connectivity index (χ0n) is 14.7. The number of rotatable bonds is 7. The molecule has 2 aromatic rings. The highest BCUT2D eigenvalue weighted by Gasteiger charge is 2.09. The van der Waals surface area contributed by atoms with Crippen molar-refractivity contribution in [3.8, 4) is 5.75 Å². The first-order valence-corrected chi connectivity index (χ1v) is 9.00. The van der Waals surface area contributed by atoms with E-state index in [1.807, 2.05) is 31.2 Å². The molecule has 0 heterocycles. The summed E-state index contributed by atoms with van der Waals surface area (Å²) in [6, 6.07) is 12.6. The number of halogens is 1. The number of carbonyl (C=O) groups is 1. The summed E-state index contributed by atoms with van der Waals surface area (Å²) in [5.74, 6) is 0.274. The fourth-order valence-electron chi connectivity index (χ4n) is 2.15. The molecule has 0 saturated heterocycles. The average molecular weight is 393 g/mol. The van der Waals surface area contributed by atoms with Crippen LogP contribution in [0, 0.1) is 6.92 Å². The molecular formula is C19H21ClN2O3S.